The first kappa shape index (κ1) is 10.2. The van der Waals surface area contributed by atoms with Crippen molar-refractivity contribution >= 4 is 5.78 Å². The molecule has 0 bridgehead atoms. The lowest BCUT2D eigenvalue weighted by Crippen LogP contribution is -2.41. The highest BCUT2D eigenvalue weighted by Crippen LogP contribution is 2.40. The van der Waals surface area contributed by atoms with E-state index in [9.17, 15) is 4.79 Å². The lowest BCUT2D eigenvalue weighted by molar-refractivity contribution is -0.144. The molecule has 0 aromatic heterocycles. The fourth-order valence-electron chi connectivity index (χ4n) is 2.57. The van der Waals surface area contributed by atoms with Crippen LogP contribution in [0.15, 0.2) is 0 Å². The van der Waals surface area contributed by atoms with Gasteiger partial charge in [0.25, 0.3) is 0 Å². The number of Topliss-reactive ketones (excluding diaryl/α,β-unsaturated/α-hetero) is 1. The molecule has 0 saturated heterocycles. The smallest absolute Gasteiger partial charge is 0.167 e. The molecule has 0 unspecified atom stereocenters. The molecule has 0 N–H and O–H groups in total. The molecular weight excluding hydrogens is 176 g/mol. The first-order valence-corrected chi connectivity index (χ1v) is 5.88. The Hall–Kier alpha value is -0.370. The third-order valence-corrected chi connectivity index (χ3v) is 3.70. The molecule has 14 heavy (non-hydrogen) atoms. The Morgan fingerprint density at radius 1 is 1.14 bits per heavy atom. The third kappa shape index (κ3) is 1.85. The lowest BCUT2D eigenvalue weighted by atomic mass is 9.87. The number of ketones is 1. The van der Waals surface area contributed by atoms with Gasteiger partial charge < -0.3 is 4.74 Å². The van der Waals surface area contributed by atoms with Gasteiger partial charge in [0.05, 0.1) is 0 Å². The summed E-state index contributed by atoms with van der Waals surface area (Å²) in [7, 11) is 1.71. The van der Waals surface area contributed by atoms with Crippen LogP contribution < -0.4 is 0 Å². The Bertz CT molecular complexity index is 210. The fraction of sp³-hybridized carbons (Fsp3) is 0.917. The van der Waals surface area contributed by atoms with Gasteiger partial charge in [-0.2, -0.15) is 0 Å². The van der Waals surface area contributed by atoms with E-state index in [0.29, 0.717) is 11.7 Å². The second kappa shape index (κ2) is 4.01. The minimum absolute atomic E-state index is 0.341. The van der Waals surface area contributed by atoms with Gasteiger partial charge in [0.1, 0.15) is 5.60 Å². The highest BCUT2D eigenvalue weighted by Gasteiger charge is 2.45. The van der Waals surface area contributed by atoms with E-state index in [1.165, 1.54) is 12.8 Å². The Kier molecular flexibility index (Phi) is 2.91. The van der Waals surface area contributed by atoms with Crippen molar-refractivity contribution in [3.05, 3.63) is 0 Å². The van der Waals surface area contributed by atoms with E-state index in [1.54, 1.807) is 7.11 Å². The lowest BCUT2D eigenvalue weighted by Gasteiger charge is -2.29. The Balaban J connectivity index is 2.08. The molecule has 2 fully saturated rings. The van der Waals surface area contributed by atoms with Crippen LogP contribution in [0.25, 0.3) is 0 Å². The van der Waals surface area contributed by atoms with Gasteiger partial charge >= 0.3 is 0 Å². The van der Waals surface area contributed by atoms with Gasteiger partial charge in [0.15, 0.2) is 5.78 Å². The largest absolute Gasteiger partial charge is 0.370 e. The van der Waals surface area contributed by atoms with Crippen molar-refractivity contribution in [2.24, 2.45) is 5.92 Å². The zero-order valence-corrected chi connectivity index (χ0v) is 9.05. The molecule has 2 saturated carbocycles. The number of ether oxygens (including phenoxy) is 1. The average Bonchev–Trinajstić information content (AvgIpc) is 3.04. The molecule has 2 nitrogen and oxygen atoms in total. The van der Waals surface area contributed by atoms with Crippen LogP contribution in [0.5, 0.6) is 0 Å². The highest BCUT2D eigenvalue weighted by atomic mass is 16.5. The van der Waals surface area contributed by atoms with E-state index in [1.807, 2.05) is 0 Å². The van der Waals surface area contributed by atoms with Gasteiger partial charge in [-0.15, -0.1) is 0 Å². The van der Waals surface area contributed by atoms with Crippen molar-refractivity contribution in [3.8, 4) is 0 Å². The number of methoxy groups -OCH3 is 1. The van der Waals surface area contributed by atoms with E-state index >= 15 is 0 Å². The first-order valence-electron chi connectivity index (χ1n) is 5.88. The SMILES string of the molecule is COC1(C(=O)C2CC2)CCCCCC1. The Morgan fingerprint density at radius 3 is 2.14 bits per heavy atom. The molecule has 0 amide bonds. The van der Waals surface area contributed by atoms with Gasteiger partial charge in [-0.25, -0.2) is 0 Å². The number of hydrogen-bond acceptors (Lipinski definition) is 2. The quantitative estimate of drug-likeness (QED) is 0.649. The molecule has 0 spiro atoms. The maximum Gasteiger partial charge on any atom is 0.167 e. The molecule has 2 rings (SSSR count). The number of carbonyl (C=O) groups excluding carboxylic acids is 1. The number of carbonyl (C=O) groups is 1. The molecule has 0 atom stereocenters. The zero-order valence-electron chi connectivity index (χ0n) is 9.05. The van der Waals surface area contributed by atoms with Crippen molar-refractivity contribution < 1.29 is 9.53 Å². The van der Waals surface area contributed by atoms with Crippen LogP contribution in [-0.4, -0.2) is 18.5 Å². The zero-order chi connectivity index (χ0) is 10.0. The standard InChI is InChI=1S/C12H20O2/c1-14-12(11(13)10-6-7-10)8-4-2-3-5-9-12/h10H,2-9H2,1H3. The average molecular weight is 196 g/mol. The summed E-state index contributed by atoms with van der Waals surface area (Å²) in [5.74, 6) is 0.745. The maximum atomic E-state index is 12.1. The van der Waals surface area contributed by atoms with Gasteiger partial charge in [-0.1, -0.05) is 25.7 Å². The van der Waals surface area contributed by atoms with Crippen LogP contribution in [0.3, 0.4) is 0 Å². The van der Waals surface area contributed by atoms with Gasteiger partial charge in [-0.3, -0.25) is 4.79 Å². The molecule has 0 heterocycles. The molecule has 2 heteroatoms. The van der Waals surface area contributed by atoms with Crippen LogP contribution in [-0.2, 0) is 9.53 Å². The van der Waals surface area contributed by atoms with E-state index in [0.717, 1.165) is 38.5 Å². The summed E-state index contributed by atoms with van der Waals surface area (Å²) in [5.41, 5.74) is -0.391. The molecule has 80 valence electrons. The minimum Gasteiger partial charge on any atom is -0.370 e. The van der Waals surface area contributed by atoms with Crippen molar-refractivity contribution in [2.45, 2.75) is 57.0 Å². The monoisotopic (exact) mass is 196 g/mol. The molecule has 0 aliphatic heterocycles. The van der Waals surface area contributed by atoms with E-state index < -0.39 is 5.60 Å². The fourth-order valence-corrected chi connectivity index (χ4v) is 2.57. The van der Waals surface area contributed by atoms with Crippen LogP contribution in [0.1, 0.15) is 51.4 Å². The topological polar surface area (TPSA) is 26.3 Å². The van der Waals surface area contributed by atoms with Crippen LogP contribution in [0.2, 0.25) is 0 Å². The van der Waals surface area contributed by atoms with Crippen molar-refractivity contribution in [2.75, 3.05) is 7.11 Å². The summed E-state index contributed by atoms with van der Waals surface area (Å²) in [6.07, 6.45) is 8.97. The van der Waals surface area contributed by atoms with Gasteiger partial charge in [0.2, 0.25) is 0 Å². The number of hydrogen-bond donors (Lipinski definition) is 0. The summed E-state index contributed by atoms with van der Waals surface area (Å²) in [6, 6.07) is 0. The maximum absolute atomic E-state index is 12.1. The molecule has 2 aliphatic rings. The predicted octanol–water partition coefficient (Wildman–Crippen LogP) is 2.70. The Labute approximate surface area is 86.0 Å². The highest BCUT2D eigenvalue weighted by molar-refractivity contribution is 5.91. The molecule has 0 aromatic carbocycles. The summed E-state index contributed by atoms with van der Waals surface area (Å²) >= 11 is 0. The van der Waals surface area contributed by atoms with E-state index in [-0.39, 0.29) is 0 Å². The van der Waals surface area contributed by atoms with Gasteiger partial charge in [0, 0.05) is 13.0 Å². The third-order valence-electron chi connectivity index (χ3n) is 3.70. The molecule has 0 aromatic rings. The van der Waals surface area contributed by atoms with Crippen LogP contribution in [0.4, 0.5) is 0 Å². The molecule has 2 aliphatic carbocycles. The number of rotatable bonds is 3. The summed E-state index contributed by atoms with van der Waals surface area (Å²) in [6.45, 7) is 0. The predicted molar refractivity (Wildman–Crippen MR) is 55.2 cm³/mol. The van der Waals surface area contributed by atoms with Crippen LogP contribution >= 0.6 is 0 Å². The first-order chi connectivity index (χ1) is 6.78. The van der Waals surface area contributed by atoms with E-state index in [2.05, 4.69) is 0 Å². The second-order valence-electron chi connectivity index (χ2n) is 4.75. The summed E-state index contributed by atoms with van der Waals surface area (Å²) in [5, 5.41) is 0. The van der Waals surface area contributed by atoms with Crippen LogP contribution in [0, 0.1) is 5.92 Å². The Morgan fingerprint density at radius 2 is 1.71 bits per heavy atom. The van der Waals surface area contributed by atoms with Crippen molar-refractivity contribution in [3.63, 3.8) is 0 Å². The summed E-state index contributed by atoms with van der Waals surface area (Å²) in [4.78, 5) is 12.1. The van der Waals surface area contributed by atoms with Crippen molar-refractivity contribution in [1.29, 1.82) is 0 Å². The van der Waals surface area contributed by atoms with Gasteiger partial charge in [-0.05, 0) is 25.7 Å². The molecular formula is C12H20O2. The molecule has 0 radical (unpaired) electrons. The summed E-state index contributed by atoms with van der Waals surface area (Å²) < 4.78 is 5.57. The second-order valence-corrected chi connectivity index (χ2v) is 4.75. The van der Waals surface area contributed by atoms with E-state index in [4.69, 9.17) is 4.74 Å². The normalized spacial score (nSPS) is 26.9. The van der Waals surface area contributed by atoms with Crippen molar-refractivity contribution in [1.82, 2.24) is 0 Å². The minimum atomic E-state index is -0.391.